The maximum Gasteiger partial charge on any atom is 2.00 e. The molecular formula is C108H104Ir3N20O2Pt-8. The summed E-state index contributed by atoms with van der Waals surface area (Å²) in [7, 11) is 0. The van der Waals surface area contributed by atoms with Crippen LogP contribution in [0.2, 0.25) is 0 Å². The average molecular weight is 2490 g/mol. The van der Waals surface area contributed by atoms with Crippen molar-refractivity contribution in [3.63, 3.8) is 0 Å². The first kappa shape index (κ1) is 102. The molecule has 22 nitrogen and oxygen atoms in total. The molecule has 1 N–H and O–H groups in total. The summed E-state index contributed by atoms with van der Waals surface area (Å²) in [5, 5.41) is 8.36. The Morgan fingerprint density at radius 1 is 0.291 bits per heavy atom. The van der Waals surface area contributed by atoms with Crippen molar-refractivity contribution in [1.29, 1.82) is 0 Å². The third-order valence-corrected chi connectivity index (χ3v) is 21.0. The molecule has 0 atom stereocenters. The second-order valence-electron chi connectivity index (χ2n) is 34.7. The molecule has 0 spiro atoms. The molecule has 26 heteroatoms. The smallest absolute Gasteiger partial charge is 0.512 e. The van der Waals surface area contributed by atoms with Gasteiger partial charge in [0.05, 0.1) is 65.2 Å². The number of aromatic nitrogens is 10. The SMILES string of the molecule is CC(=O)C=C(C)O.CC(C)(C)c1cnc2c(n1)N(c1[c-]cccc1)[CH-]N2c1ccccc1.CC(C)(C)c1cnc2c(n1)N(c1ccccc1)[CH-]N2c1[c-]cccc1.CC(C)(C)c1cnc2c(n1)N(c1ccccc1)[CH-]N2c1[c-]cccc1.CC(C)c1cnc2c(n1)N(c1[c-]cccc1)[CH-]N2c1ccccc1.CC(C)c1cnc2c(n1)N(c1ccccc1)[CH-]N2c1[c-]cccc1.[Ir].[Ir].[Ir].[Pt+2]. The number of hydrogen-bond acceptors (Lipinski definition) is 22. The van der Waals surface area contributed by atoms with E-state index in [0.717, 1.165) is 144 Å². The minimum atomic E-state index is -0.125. The Kier molecular flexibility index (Phi) is 34.9. The van der Waals surface area contributed by atoms with Crippen molar-refractivity contribution in [2.24, 2.45) is 0 Å². The van der Waals surface area contributed by atoms with E-state index in [1.807, 2.05) is 301 Å². The normalized spacial score (nSPS) is 13.2. The van der Waals surface area contributed by atoms with Gasteiger partial charge in [-0.1, -0.05) is 181 Å². The van der Waals surface area contributed by atoms with Gasteiger partial charge in [0.2, 0.25) is 0 Å². The number of anilines is 20. The Balaban J connectivity index is 0.000000157. The molecule has 5 aliphatic rings. The van der Waals surface area contributed by atoms with Crippen molar-refractivity contribution in [3.8, 4) is 0 Å². The van der Waals surface area contributed by atoms with Crippen LogP contribution in [0.15, 0.2) is 316 Å². The van der Waals surface area contributed by atoms with Crippen LogP contribution < -0.4 is 49.0 Å². The molecular weight excluding hydrogens is 2380 g/mol. The number of fused-ring (bicyclic) bond motifs is 5. The molecule has 693 valence electrons. The fraction of sp³-hybridized carbons (Fsp3) is 0.185. The first-order chi connectivity index (χ1) is 62.7. The molecule has 0 unspecified atom stereocenters. The molecule has 0 bridgehead atoms. The predicted octanol–water partition coefficient (Wildman–Crippen LogP) is 25.6. The summed E-state index contributed by atoms with van der Waals surface area (Å²) in [6.07, 6.45) is 10.5. The fourth-order valence-corrected chi connectivity index (χ4v) is 14.0. The van der Waals surface area contributed by atoms with Crippen molar-refractivity contribution in [1.82, 2.24) is 49.8 Å². The quantitative estimate of drug-likeness (QED) is 0.0649. The predicted molar refractivity (Wildman–Crippen MR) is 523 cm³/mol. The third-order valence-electron chi connectivity index (χ3n) is 21.0. The topological polar surface area (TPSA) is 199 Å². The zero-order chi connectivity index (χ0) is 91.2. The van der Waals surface area contributed by atoms with Gasteiger partial charge in [-0.05, 0) is 86.3 Å². The van der Waals surface area contributed by atoms with Crippen LogP contribution in [0.5, 0.6) is 0 Å². The van der Waals surface area contributed by atoms with Gasteiger partial charge in [0.25, 0.3) is 0 Å². The number of allylic oxidation sites excluding steroid dienone is 2. The molecule has 0 saturated carbocycles. The van der Waals surface area contributed by atoms with Crippen LogP contribution in [-0.4, -0.2) is 60.7 Å². The van der Waals surface area contributed by atoms with Gasteiger partial charge in [0.15, 0.2) is 5.78 Å². The Bertz CT molecular complexity index is 5800. The van der Waals surface area contributed by atoms with E-state index in [2.05, 4.69) is 210 Å². The molecule has 0 fully saturated rings. The van der Waals surface area contributed by atoms with Crippen molar-refractivity contribution in [2.75, 3.05) is 49.0 Å². The van der Waals surface area contributed by atoms with E-state index in [4.69, 9.17) is 50.0 Å². The largest absolute Gasteiger partial charge is 2.00 e. The van der Waals surface area contributed by atoms with E-state index in [1.165, 1.54) is 19.9 Å². The minimum Gasteiger partial charge on any atom is -0.512 e. The molecule has 3 radical (unpaired) electrons. The molecule has 134 heavy (non-hydrogen) atoms. The van der Waals surface area contributed by atoms with Gasteiger partial charge in [0.1, 0.15) is 58.2 Å². The molecule has 10 heterocycles. The summed E-state index contributed by atoms with van der Waals surface area (Å²) < 4.78 is 0. The number of nitrogens with zero attached hydrogens (tertiary/aromatic N) is 20. The molecule has 5 aromatic heterocycles. The zero-order valence-corrected chi connectivity index (χ0v) is 86.6. The number of carbonyl (C=O) groups excluding carboxylic acids is 1. The molecule has 0 amide bonds. The number of aliphatic hydroxyl groups excluding tert-OH is 1. The van der Waals surface area contributed by atoms with Crippen molar-refractivity contribution < 1.29 is 91.3 Å². The summed E-state index contributed by atoms with van der Waals surface area (Å²) in [4.78, 5) is 78.7. The monoisotopic (exact) mass is 2490 g/mol. The fourth-order valence-electron chi connectivity index (χ4n) is 14.0. The molecule has 0 aliphatic carbocycles. The molecule has 10 aromatic carbocycles. The Hall–Kier alpha value is -12.6. The van der Waals surface area contributed by atoms with Gasteiger partial charge in [-0.25, -0.2) is 49.8 Å². The van der Waals surface area contributed by atoms with Crippen LogP contribution in [0.1, 0.15) is 144 Å². The van der Waals surface area contributed by atoms with Crippen molar-refractivity contribution in [2.45, 2.75) is 132 Å². The van der Waals surface area contributed by atoms with E-state index in [1.54, 1.807) is 0 Å². The molecule has 0 saturated heterocycles. The average Bonchev–Trinajstić information content (AvgIpc) is 1.65. The third kappa shape index (κ3) is 24.3. The van der Waals surface area contributed by atoms with Gasteiger partial charge in [0, 0.05) is 111 Å². The number of hydrogen-bond donors (Lipinski definition) is 1. The van der Waals surface area contributed by atoms with E-state index < -0.39 is 0 Å². The van der Waals surface area contributed by atoms with Crippen LogP contribution >= 0.6 is 0 Å². The van der Waals surface area contributed by atoms with E-state index in [-0.39, 0.29) is 109 Å². The van der Waals surface area contributed by atoms with E-state index >= 15 is 0 Å². The van der Waals surface area contributed by atoms with Crippen molar-refractivity contribution >= 4 is 121 Å². The van der Waals surface area contributed by atoms with Gasteiger partial charge >= 0.3 is 21.1 Å². The maximum atomic E-state index is 10.0. The summed E-state index contributed by atoms with van der Waals surface area (Å²) in [5.41, 5.74) is 14.7. The molecule has 20 rings (SSSR count). The summed E-state index contributed by atoms with van der Waals surface area (Å²) in [6.45, 7) is 40.8. The van der Waals surface area contributed by atoms with Gasteiger partial charge < -0.3 is 54.1 Å². The van der Waals surface area contributed by atoms with Gasteiger partial charge in [-0.2, -0.15) is 152 Å². The second-order valence-corrected chi connectivity index (χ2v) is 34.7. The van der Waals surface area contributed by atoms with E-state index in [0.29, 0.717) is 11.8 Å². The number of benzene rings is 10. The second kappa shape index (κ2) is 45.9. The molecule has 5 aliphatic heterocycles. The van der Waals surface area contributed by atoms with Gasteiger partial charge in [-0.15, -0.1) is 61.8 Å². The zero-order valence-electron chi connectivity index (χ0n) is 77.1. The standard InChI is InChI=1S/3C21H20N4.2C20H18N4.C5H8O2.3Ir.Pt/c3*1-21(2,3)18-14-22-19-20(23-18)25(17-12-8-5-9-13-17)15-24(19)16-10-6-4-7-11-16;2*1-15(2)18-13-21-19-20(22-18)24(17-11-7-4-8-12-17)14-23(19)16-9-5-3-6-10-16;1-4(6)3-5(2)7;;;;/h2*4-10,12-15H,1-3H3;4-12,14-15H,1-3H3;3-9,11-15H,1-2H3;3-11,13-15H,1-2H3;3,6H,1-2H3;;;;/q5*-2;;;;;+2. The number of para-hydroxylation sites is 10. The maximum absolute atomic E-state index is 10.0. The van der Waals surface area contributed by atoms with Gasteiger partial charge in [-0.3, -0.25) is 4.79 Å². The first-order valence-electron chi connectivity index (χ1n) is 43.2. The number of carbonyl (C=O) groups is 1. The Morgan fingerprint density at radius 3 is 0.687 bits per heavy atom. The van der Waals surface area contributed by atoms with Crippen LogP contribution in [0.25, 0.3) is 0 Å². The Labute approximate surface area is 843 Å². The number of rotatable bonds is 13. The summed E-state index contributed by atoms with van der Waals surface area (Å²) in [6, 6.07) is 107. The van der Waals surface area contributed by atoms with E-state index in [9.17, 15) is 4.79 Å². The summed E-state index contributed by atoms with van der Waals surface area (Å²) >= 11 is 0. The van der Waals surface area contributed by atoms with Crippen LogP contribution in [0.3, 0.4) is 0 Å². The van der Waals surface area contributed by atoms with Crippen molar-refractivity contribution in [3.05, 3.63) is 408 Å². The van der Waals surface area contributed by atoms with Crippen LogP contribution in [0, 0.1) is 63.7 Å². The number of ketones is 1. The summed E-state index contributed by atoms with van der Waals surface area (Å²) in [5.74, 6) is 8.94. The van der Waals surface area contributed by atoms with Crippen LogP contribution in [-0.2, 0) is 102 Å². The minimum absolute atomic E-state index is 0. The van der Waals surface area contributed by atoms with Crippen LogP contribution in [0.4, 0.5) is 115 Å². The first-order valence-corrected chi connectivity index (χ1v) is 43.2. The number of aliphatic hydroxyl groups is 1. The molecule has 15 aromatic rings. The Morgan fingerprint density at radius 2 is 0.485 bits per heavy atom.